The van der Waals surface area contributed by atoms with E-state index in [4.69, 9.17) is 0 Å². The molecule has 0 aromatic heterocycles. The fourth-order valence-electron chi connectivity index (χ4n) is 0.874. The zero-order chi connectivity index (χ0) is 8.81. The van der Waals surface area contributed by atoms with Gasteiger partial charge >= 0.3 is 5.97 Å². The molecule has 0 heterocycles. The number of rotatable bonds is 3. The summed E-state index contributed by atoms with van der Waals surface area (Å²) >= 11 is 0. The molecule has 0 fully saturated rings. The third-order valence-corrected chi connectivity index (χ3v) is 1.53. The Labute approximate surface area is 72.2 Å². The zero-order valence-corrected chi connectivity index (χ0v) is 6.99. The average Bonchev–Trinajstić information content (AvgIpc) is 2.16. The van der Waals surface area contributed by atoms with Gasteiger partial charge < -0.3 is 4.74 Å². The van der Waals surface area contributed by atoms with Crippen LogP contribution in [0.2, 0.25) is 0 Å². The lowest BCUT2D eigenvalue weighted by Crippen LogP contribution is -2.00. The fraction of sp³-hybridized carbons (Fsp3) is 0.200. The normalized spacial score (nSPS) is 9.42. The molecule has 2 heteroatoms. The van der Waals surface area contributed by atoms with Crippen molar-refractivity contribution in [1.82, 2.24) is 0 Å². The lowest BCUT2D eigenvalue weighted by Gasteiger charge is -1.98. The molecule has 0 unspecified atom stereocenters. The summed E-state index contributed by atoms with van der Waals surface area (Å²) < 4.78 is 4.50. The second-order valence-electron chi connectivity index (χ2n) is 2.40. The Bertz CT molecular complexity index is 241. The zero-order valence-electron chi connectivity index (χ0n) is 6.99. The van der Waals surface area contributed by atoms with Gasteiger partial charge in [0.25, 0.3) is 0 Å². The Morgan fingerprint density at radius 3 is 2.67 bits per heavy atom. The summed E-state index contributed by atoms with van der Waals surface area (Å²) in [6.45, 7) is 0. The van der Waals surface area contributed by atoms with Crippen LogP contribution in [0, 0.1) is 6.42 Å². The second kappa shape index (κ2) is 4.54. The van der Waals surface area contributed by atoms with E-state index >= 15 is 0 Å². The van der Waals surface area contributed by atoms with Gasteiger partial charge in [0, 0.05) is 6.42 Å². The van der Waals surface area contributed by atoms with Crippen molar-refractivity contribution in [3.05, 3.63) is 42.3 Å². The number of hydrogen-bond acceptors (Lipinski definition) is 2. The summed E-state index contributed by atoms with van der Waals surface area (Å²) in [6.07, 6.45) is 2.17. The molecule has 0 spiro atoms. The lowest BCUT2D eigenvalue weighted by molar-refractivity contribution is -0.139. The molecule has 2 nitrogen and oxygen atoms in total. The highest BCUT2D eigenvalue weighted by molar-refractivity contribution is 5.71. The van der Waals surface area contributed by atoms with Crippen LogP contribution in [0.4, 0.5) is 0 Å². The molecule has 1 rings (SSSR count). The minimum absolute atomic E-state index is 0.209. The quantitative estimate of drug-likeness (QED) is 0.635. The van der Waals surface area contributed by atoms with Gasteiger partial charge in [0.1, 0.15) is 0 Å². The maximum atomic E-state index is 10.7. The SMILES string of the molecule is COC(=O)C[CH]c1ccccc1. The van der Waals surface area contributed by atoms with Crippen LogP contribution < -0.4 is 0 Å². The van der Waals surface area contributed by atoms with Crippen molar-refractivity contribution in [3.63, 3.8) is 0 Å². The highest BCUT2D eigenvalue weighted by Gasteiger charge is 1.99. The van der Waals surface area contributed by atoms with Gasteiger partial charge in [-0.2, -0.15) is 0 Å². The van der Waals surface area contributed by atoms with Crippen LogP contribution in [0.25, 0.3) is 0 Å². The third kappa shape index (κ3) is 2.74. The van der Waals surface area contributed by atoms with E-state index in [9.17, 15) is 4.79 Å². The Hall–Kier alpha value is -1.31. The van der Waals surface area contributed by atoms with Crippen molar-refractivity contribution in [2.75, 3.05) is 7.11 Å². The van der Waals surface area contributed by atoms with Crippen LogP contribution in [0.3, 0.4) is 0 Å². The molecule has 0 saturated heterocycles. The summed E-state index contributed by atoms with van der Waals surface area (Å²) in [5, 5.41) is 0. The third-order valence-electron chi connectivity index (χ3n) is 1.53. The van der Waals surface area contributed by atoms with Crippen molar-refractivity contribution in [1.29, 1.82) is 0 Å². The first-order chi connectivity index (χ1) is 5.83. The Kier molecular flexibility index (Phi) is 3.33. The molecule has 0 N–H and O–H groups in total. The number of methoxy groups -OCH3 is 1. The van der Waals surface area contributed by atoms with Gasteiger partial charge in [0.2, 0.25) is 0 Å². The molecular formula is C10H11O2. The van der Waals surface area contributed by atoms with Crippen LogP contribution in [0.15, 0.2) is 30.3 Å². The summed E-state index contributed by atoms with van der Waals surface area (Å²) in [5.41, 5.74) is 1.04. The second-order valence-corrected chi connectivity index (χ2v) is 2.40. The van der Waals surface area contributed by atoms with Gasteiger partial charge in [-0.1, -0.05) is 30.3 Å². The van der Waals surface area contributed by atoms with E-state index in [-0.39, 0.29) is 5.97 Å². The molecule has 0 bridgehead atoms. The van der Waals surface area contributed by atoms with Gasteiger partial charge in [-0.05, 0) is 5.56 Å². The van der Waals surface area contributed by atoms with E-state index in [1.165, 1.54) is 7.11 Å². The summed E-state index contributed by atoms with van der Waals surface area (Å²) in [5.74, 6) is -0.209. The molecule has 0 amide bonds. The van der Waals surface area contributed by atoms with E-state index in [2.05, 4.69) is 4.74 Å². The van der Waals surface area contributed by atoms with Crippen LogP contribution in [0.1, 0.15) is 12.0 Å². The van der Waals surface area contributed by atoms with Gasteiger partial charge in [-0.15, -0.1) is 0 Å². The minimum Gasteiger partial charge on any atom is -0.469 e. The number of hydrogen-bond donors (Lipinski definition) is 0. The first kappa shape index (κ1) is 8.78. The first-order valence-corrected chi connectivity index (χ1v) is 3.78. The molecular weight excluding hydrogens is 152 g/mol. The number of carbonyl (C=O) groups excluding carboxylic acids is 1. The van der Waals surface area contributed by atoms with Crippen molar-refractivity contribution in [2.45, 2.75) is 6.42 Å². The molecule has 1 aromatic rings. The van der Waals surface area contributed by atoms with Gasteiger partial charge in [-0.25, -0.2) is 0 Å². The van der Waals surface area contributed by atoms with Crippen LogP contribution in [-0.2, 0) is 9.53 Å². The smallest absolute Gasteiger partial charge is 0.306 e. The van der Waals surface area contributed by atoms with Gasteiger partial charge in [-0.3, -0.25) is 4.79 Å². The van der Waals surface area contributed by atoms with E-state index in [0.29, 0.717) is 6.42 Å². The largest absolute Gasteiger partial charge is 0.469 e. The fourth-order valence-corrected chi connectivity index (χ4v) is 0.874. The number of benzene rings is 1. The molecule has 0 aliphatic heterocycles. The highest BCUT2D eigenvalue weighted by atomic mass is 16.5. The maximum absolute atomic E-state index is 10.7. The molecule has 0 aliphatic rings. The Balaban J connectivity index is 2.38. The van der Waals surface area contributed by atoms with Crippen molar-refractivity contribution >= 4 is 5.97 Å². The predicted octanol–water partition coefficient (Wildman–Crippen LogP) is 1.80. The molecule has 0 atom stereocenters. The van der Waals surface area contributed by atoms with Crippen LogP contribution in [-0.4, -0.2) is 13.1 Å². The molecule has 0 aliphatic carbocycles. The Morgan fingerprint density at radius 1 is 1.42 bits per heavy atom. The topological polar surface area (TPSA) is 26.3 Å². The summed E-state index contributed by atoms with van der Waals surface area (Å²) in [6, 6.07) is 9.70. The molecule has 63 valence electrons. The van der Waals surface area contributed by atoms with Gasteiger partial charge in [0.15, 0.2) is 0 Å². The van der Waals surface area contributed by atoms with Crippen molar-refractivity contribution in [2.24, 2.45) is 0 Å². The van der Waals surface area contributed by atoms with E-state index in [1.54, 1.807) is 0 Å². The first-order valence-electron chi connectivity index (χ1n) is 3.78. The van der Waals surface area contributed by atoms with Crippen LogP contribution in [0.5, 0.6) is 0 Å². The number of esters is 1. The van der Waals surface area contributed by atoms with Gasteiger partial charge in [0.05, 0.1) is 13.5 Å². The van der Waals surface area contributed by atoms with Crippen molar-refractivity contribution < 1.29 is 9.53 Å². The lowest BCUT2D eigenvalue weighted by atomic mass is 10.1. The predicted molar refractivity (Wildman–Crippen MR) is 46.5 cm³/mol. The summed E-state index contributed by atoms with van der Waals surface area (Å²) in [4.78, 5) is 10.7. The molecule has 1 aromatic carbocycles. The Morgan fingerprint density at radius 2 is 2.08 bits per heavy atom. The van der Waals surface area contributed by atoms with E-state index in [0.717, 1.165) is 5.56 Å². The van der Waals surface area contributed by atoms with E-state index in [1.807, 2.05) is 36.8 Å². The van der Waals surface area contributed by atoms with E-state index < -0.39 is 0 Å². The monoisotopic (exact) mass is 163 g/mol. The van der Waals surface area contributed by atoms with Crippen molar-refractivity contribution in [3.8, 4) is 0 Å². The molecule has 0 saturated carbocycles. The standard InChI is InChI=1S/C10H11O2/c1-12-10(11)8-7-9-5-3-2-4-6-9/h2-7H,8H2,1H3. The molecule has 12 heavy (non-hydrogen) atoms. The average molecular weight is 163 g/mol. The molecule has 1 radical (unpaired) electrons. The number of carbonyl (C=O) groups is 1. The highest BCUT2D eigenvalue weighted by Crippen LogP contribution is 2.04. The summed E-state index contributed by atoms with van der Waals surface area (Å²) in [7, 11) is 1.39. The number of ether oxygens (including phenoxy) is 1. The van der Waals surface area contributed by atoms with Crippen LogP contribution >= 0.6 is 0 Å². The minimum atomic E-state index is -0.209. The maximum Gasteiger partial charge on any atom is 0.306 e.